The molecule has 0 bridgehead atoms. The molecule has 6 nitrogen and oxygen atoms in total. The SMILES string of the molecule is CC(=O)N1CCC(N2CCOCC2c2ncc(-c3ccc(F)cc3)[nH]2)CC1. The predicted octanol–water partition coefficient (Wildman–Crippen LogP) is 2.60. The van der Waals surface area contributed by atoms with Crippen molar-refractivity contribution >= 4 is 5.91 Å². The van der Waals surface area contributed by atoms with Crippen LogP contribution < -0.4 is 0 Å². The Labute approximate surface area is 158 Å². The minimum Gasteiger partial charge on any atom is -0.378 e. The van der Waals surface area contributed by atoms with E-state index in [0.29, 0.717) is 12.6 Å². The average molecular weight is 372 g/mol. The third-order valence-corrected chi connectivity index (χ3v) is 5.62. The van der Waals surface area contributed by atoms with Gasteiger partial charge in [0.2, 0.25) is 5.91 Å². The highest BCUT2D eigenvalue weighted by Crippen LogP contribution is 2.30. The molecule has 2 fully saturated rings. The summed E-state index contributed by atoms with van der Waals surface area (Å²) in [6.07, 6.45) is 3.75. The number of amides is 1. The molecule has 0 saturated carbocycles. The number of carbonyl (C=O) groups excluding carboxylic acids is 1. The minimum atomic E-state index is -0.248. The maximum absolute atomic E-state index is 13.2. The fraction of sp³-hybridized carbons (Fsp3) is 0.500. The predicted molar refractivity (Wildman–Crippen MR) is 99.5 cm³/mol. The van der Waals surface area contributed by atoms with Gasteiger partial charge < -0.3 is 14.6 Å². The van der Waals surface area contributed by atoms with Gasteiger partial charge in [0.05, 0.1) is 31.1 Å². The summed E-state index contributed by atoms with van der Waals surface area (Å²) >= 11 is 0. The summed E-state index contributed by atoms with van der Waals surface area (Å²) in [5, 5.41) is 0. The summed E-state index contributed by atoms with van der Waals surface area (Å²) in [6.45, 7) is 5.43. The van der Waals surface area contributed by atoms with Gasteiger partial charge in [-0.05, 0) is 42.7 Å². The molecule has 7 heteroatoms. The molecule has 2 aliphatic heterocycles. The van der Waals surface area contributed by atoms with E-state index in [2.05, 4.69) is 14.9 Å². The monoisotopic (exact) mass is 372 g/mol. The van der Waals surface area contributed by atoms with Crippen molar-refractivity contribution in [3.8, 4) is 11.3 Å². The van der Waals surface area contributed by atoms with Gasteiger partial charge in [-0.1, -0.05) is 0 Å². The van der Waals surface area contributed by atoms with Gasteiger partial charge in [0.25, 0.3) is 0 Å². The topological polar surface area (TPSA) is 61.5 Å². The molecule has 2 aromatic rings. The number of H-pyrrole nitrogens is 1. The van der Waals surface area contributed by atoms with Gasteiger partial charge in [0.1, 0.15) is 11.6 Å². The molecule has 1 unspecified atom stereocenters. The Kier molecular flexibility index (Phi) is 5.22. The van der Waals surface area contributed by atoms with E-state index in [9.17, 15) is 9.18 Å². The summed E-state index contributed by atoms with van der Waals surface area (Å²) < 4.78 is 18.9. The van der Waals surface area contributed by atoms with Crippen molar-refractivity contribution in [2.75, 3.05) is 32.8 Å². The number of nitrogens with zero attached hydrogens (tertiary/aromatic N) is 3. The van der Waals surface area contributed by atoms with E-state index < -0.39 is 0 Å². The number of ether oxygens (including phenoxy) is 1. The number of aromatic amines is 1. The molecule has 1 aromatic heterocycles. The van der Waals surface area contributed by atoms with Gasteiger partial charge in [-0.15, -0.1) is 0 Å². The zero-order valence-electron chi connectivity index (χ0n) is 15.5. The number of morpholine rings is 1. The molecule has 0 radical (unpaired) electrons. The van der Waals surface area contributed by atoms with Gasteiger partial charge >= 0.3 is 0 Å². The van der Waals surface area contributed by atoms with Crippen molar-refractivity contribution in [1.82, 2.24) is 19.8 Å². The molecule has 0 aliphatic carbocycles. The van der Waals surface area contributed by atoms with Crippen LogP contribution in [-0.2, 0) is 9.53 Å². The standard InChI is InChI=1S/C20H25FN4O2/c1-14(26)24-8-6-17(7-9-24)25-10-11-27-13-19(25)20-22-12-18(23-20)15-2-4-16(21)5-3-15/h2-5,12,17,19H,6-11,13H2,1H3,(H,22,23). The highest BCUT2D eigenvalue weighted by atomic mass is 19.1. The number of piperidine rings is 1. The third kappa shape index (κ3) is 3.89. The van der Waals surface area contributed by atoms with E-state index in [0.717, 1.165) is 56.2 Å². The Bertz CT molecular complexity index is 784. The van der Waals surface area contributed by atoms with Crippen molar-refractivity contribution < 1.29 is 13.9 Å². The average Bonchev–Trinajstić information content (AvgIpc) is 3.19. The van der Waals surface area contributed by atoms with Crippen LogP contribution in [0.25, 0.3) is 11.3 Å². The lowest BCUT2D eigenvalue weighted by molar-refractivity contribution is -0.131. The number of carbonyl (C=O) groups is 1. The van der Waals surface area contributed by atoms with Crippen LogP contribution in [0.15, 0.2) is 30.5 Å². The second-order valence-corrected chi connectivity index (χ2v) is 7.25. The minimum absolute atomic E-state index is 0.0711. The number of likely N-dealkylation sites (tertiary alicyclic amines) is 1. The number of hydrogen-bond donors (Lipinski definition) is 1. The first-order chi connectivity index (χ1) is 13.1. The van der Waals surface area contributed by atoms with Crippen LogP contribution in [0.1, 0.15) is 31.6 Å². The highest BCUT2D eigenvalue weighted by molar-refractivity contribution is 5.73. The van der Waals surface area contributed by atoms with Gasteiger partial charge in [-0.2, -0.15) is 0 Å². The van der Waals surface area contributed by atoms with Crippen molar-refractivity contribution in [3.63, 3.8) is 0 Å². The number of halogens is 1. The quantitative estimate of drug-likeness (QED) is 0.900. The molecular weight excluding hydrogens is 347 g/mol. The van der Waals surface area contributed by atoms with Crippen LogP contribution >= 0.6 is 0 Å². The number of rotatable bonds is 3. The van der Waals surface area contributed by atoms with E-state index in [1.54, 1.807) is 25.3 Å². The number of nitrogens with one attached hydrogen (secondary N) is 1. The normalized spacial score (nSPS) is 22.1. The van der Waals surface area contributed by atoms with E-state index in [-0.39, 0.29) is 17.8 Å². The van der Waals surface area contributed by atoms with Crippen molar-refractivity contribution in [2.45, 2.75) is 31.8 Å². The van der Waals surface area contributed by atoms with E-state index in [4.69, 9.17) is 4.74 Å². The largest absolute Gasteiger partial charge is 0.378 e. The van der Waals surface area contributed by atoms with Gasteiger partial charge in [0.15, 0.2) is 0 Å². The first kappa shape index (κ1) is 18.1. The molecule has 144 valence electrons. The van der Waals surface area contributed by atoms with Crippen LogP contribution in [0.2, 0.25) is 0 Å². The third-order valence-electron chi connectivity index (χ3n) is 5.62. The molecule has 1 atom stereocenters. The van der Waals surface area contributed by atoms with E-state index in [1.165, 1.54) is 12.1 Å². The molecule has 2 aliphatic rings. The zero-order valence-corrected chi connectivity index (χ0v) is 15.5. The molecular formula is C20H25FN4O2. The molecule has 1 aromatic carbocycles. The van der Waals surface area contributed by atoms with E-state index >= 15 is 0 Å². The lowest BCUT2D eigenvalue weighted by atomic mass is 10.00. The Balaban J connectivity index is 1.50. The maximum Gasteiger partial charge on any atom is 0.219 e. The molecule has 4 rings (SSSR count). The lowest BCUT2D eigenvalue weighted by Gasteiger charge is -2.43. The fourth-order valence-corrected chi connectivity index (χ4v) is 4.08. The molecule has 3 heterocycles. The molecule has 1 N–H and O–H groups in total. The van der Waals surface area contributed by atoms with Crippen molar-refractivity contribution in [2.24, 2.45) is 0 Å². The first-order valence-electron chi connectivity index (χ1n) is 9.51. The number of imidazole rings is 1. The van der Waals surface area contributed by atoms with Crippen LogP contribution in [0.3, 0.4) is 0 Å². The summed E-state index contributed by atoms with van der Waals surface area (Å²) in [7, 11) is 0. The van der Waals surface area contributed by atoms with Gasteiger partial charge in [-0.3, -0.25) is 9.69 Å². The van der Waals surface area contributed by atoms with Crippen LogP contribution in [0.4, 0.5) is 4.39 Å². The van der Waals surface area contributed by atoms with Crippen molar-refractivity contribution in [3.05, 3.63) is 42.1 Å². The Morgan fingerprint density at radius 3 is 2.67 bits per heavy atom. The maximum atomic E-state index is 13.2. The number of benzene rings is 1. The van der Waals surface area contributed by atoms with Crippen LogP contribution in [-0.4, -0.2) is 64.6 Å². The highest BCUT2D eigenvalue weighted by Gasteiger charge is 2.34. The first-order valence-corrected chi connectivity index (χ1v) is 9.51. The number of aromatic nitrogens is 2. The second-order valence-electron chi connectivity index (χ2n) is 7.25. The molecule has 27 heavy (non-hydrogen) atoms. The molecule has 1 amide bonds. The Hall–Kier alpha value is -2.25. The Morgan fingerprint density at radius 1 is 1.22 bits per heavy atom. The lowest BCUT2D eigenvalue weighted by Crippen LogP contribution is -2.51. The fourth-order valence-electron chi connectivity index (χ4n) is 4.08. The second kappa shape index (κ2) is 7.78. The van der Waals surface area contributed by atoms with E-state index in [1.807, 2.05) is 4.90 Å². The van der Waals surface area contributed by atoms with Crippen molar-refractivity contribution in [1.29, 1.82) is 0 Å². The van der Waals surface area contributed by atoms with Crippen LogP contribution in [0.5, 0.6) is 0 Å². The van der Waals surface area contributed by atoms with Crippen LogP contribution in [0, 0.1) is 5.82 Å². The zero-order chi connectivity index (χ0) is 18.8. The Morgan fingerprint density at radius 2 is 1.96 bits per heavy atom. The molecule has 2 saturated heterocycles. The summed E-state index contributed by atoms with van der Waals surface area (Å²) in [5.41, 5.74) is 1.79. The van der Waals surface area contributed by atoms with Gasteiger partial charge in [-0.25, -0.2) is 9.37 Å². The summed E-state index contributed by atoms with van der Waals surface area (Å²) in [5.74, 6) is 0.784. The van der Waals surface area contributed by atoms with Gasteiger partial charge in [0, 0.05) is 32.6 Å². The smallest absolute Gasteiger partial charge is 0.219 e. The summed E-state index contributed by atoms with van der Waals surface area (Å²) in [6, 6.07) is 6.90. The summed E-state index contributed by atoms with van der Waals surface area (Å²) in [4.78, 5) is 24.0. The number of hydrogen-bond acceptors (Lipinski definition) is 4. The molecule has 0 spiro atoms.